The zero-order chi connectivity index (χ0) is 17.6. The van der Waals surface area contributed by atoms with Gasteiger partial charge in [0.25, 0.3) is 0 Å². The van der Waals surface area contributed by atoms with Gasteiger partial charge in [0.1, 0.15) is 25.6 Å². The monoisotopic (exact) mass is 339 g/mol. The van der Waals surface area contributed by atoms with E-state index in [-0.39, 0.29) is 0 Å². The minimum absolute atomic E-state index is 0.560. The van der Waals surface area contributed by atoms with Gasteiger partial charge < -0.3 is 9.47 Å². The van der Waals surface area contributed by atoms with E-state index in [4.69, 9.17) is 9.47 Å². The first-order valence-electron chi connectivity index (χ1n) is 8.36. The molecule has 1 aliphatic rings. The van der Waals surface area contributed by atoms with Crippen LogP contribution in [0.5, 0.6) is 11.5 Å². The summed E-state index contributed by atoms with van der Waals surface area (Å²) in [5.74, 6) is 3.07. The van der Waals surface area contributed by atoms with Crippen molar-refractivity contribution in [2.75, 3.05) is 13.2 Å². The molecule has 0 unspecified atom stereocenters. The molecule has 130 valence electrons. The first kappa shape index (κ1) is 15.7. The van der Waals surface area contributed by atoms with Crippen molar-refractivity contribution in [1.29, 1.82) is 0 Å². The molecule has 0 bridgehead atoms. The molecule has 25 heavy (non-hydrogen) atoms. The van der Waals surface area contributed by atoms with Gasteiger partial charge >= 0.3 is 0 Å². The lowest BCUT2D eigenvalue weighted by Crippen LogP contribution is -2.16. The van der Waals surface area contributed by atoms with Gasteiger partial charge in [0.15, 0.2) is 17.3 Å². The summed E-state index contributed by atoms with van der Waals surface area (Å²) in [6.45, 7) is 9.79. The smallest absolute Gasteiger partial charge is 0.163 e. The summed E-state index contributed by atoms with van der Waals surface area (Å²) in [5, 5.41) is 9.16. The molecule has 0 aliphatic carbocycles. The first-order chi connectivity index (χ1) is 12.0. The summed E-state index contributed by atoms with van der Waals surface area (Å²) in [4.78, 5) is 4.59. The van der Waals surface area contributed by atoms with Crippen molar-refractivity contribution < 1.29 is 9.47 Å². The Balaban J connectivity index is 1.73. The highest BCUT2D eigenvalue weighted by Gasteiger charge is 2.17. The highest BCUT2D eigenvalue weighted by molar-refractivity contribution is 5.49. The summed E-state index contributed by atoms with van der Waals surface area (Å²) in [7, 11) is 0. The predicted octanol–water partition coefficient (Wildman–Crippen LogP) is 2.52. The fraction of sp³-hybridized carbons (Fsp3) is 0.389. The van der Waals surface area contributed by atoms with Crippen molar-refractivity contribution in [2.45, 2.75) is 34.2 Å². The van der Waals surface area contributed by atoms with Crippen LogP contribution in [0.15, 0.2) is 18.2 Å². The molecule has 7 nitrogen and oxygen atoms in total. The van der Waals surface area contributed by atoms with E-state index in [0.29, 0.717) is 19.8 Å². The van der Waals surface area contributed by atoms with Crippen molar-refractivity contribution >= 4 is 0 Å². The van der Waals surface area contributed by atoms with Gasteiger partial charge in [-0.2, -0.15) is 10.2 Å². The van der Waals surface area contributed by atoms with Crippen molar-refractivity contribution in [2.24, 2.45) is 0 Å². The molecule has 0 atom stereocenters. The van der Waals surface area contributed by atoms with E-state index in [0.717, 1.165) is 40.2 Å². The standard InChI is InChI=1S/C18H21N5O2/c1-11-12(2)20-22(13(11)3)10-18-19-14(4)21-23(18)15-5-6-16-17(9-15)25-8-7-24-16/h5-6,9H,7-8,10H2,1-4H3. The van der Waals surface area contributed by atoms with Crippen LogP contribution in [0.1, 0.15) is 28.6 Å². The summed E-state index contributed by atoms with van der Waals surface area (Å²) in [6, 6.07) is 5.83. The lowest BCUT2D eigenvalue weighted by atomic mass is 10.2. The molecule has 0 radical (unpaired) electrons. The van der Waals surface area contributed by atoms with Gasteiger partial charge in [-0.3, -0.25) is 4.68 Å². The Bertz CT molecular complexity index is 941. The molecule has 3 heterocycles. The van der Waals surface area contributed by atoms with E-state index < -0.39 is 0 Å². The van der Waals surface area contributed by atoms with Crippen LogP contribution >= 0.6 is 0 Å². The van der Waals surface area contributed by atoms with Gasteiger partial charge in [-0.25, -0.2) is 9.67 Å². The Morgan fingerprint density at radius 3 is 2.48 bits per heavy atom. The molecule has 0 amide bonds. The average Bonchev–Trinajstić information content (AvgIpc) is 3.09. The van der Waals surface area contributed by atoms with Gasteiger partial charge in [-0.15, -0.1) is 0 Å². The normalized spacial score (nSPS) is 13.3. The Morgan fingerprint density at radius 2 is 1.76 bits per heavy atom. The topological polar surface area (TPSA) is 67.0 Å². The molecule has 4 rings (SSSR count). The molecule has 0 spiro atoms. The SMILES string of the molecule is Cc1nc(Cn2nc(C)c(C)c2C)n(-c2ccc3c(c2)OCCO3)n1. The number of ether oxygens (including phenoxy) is 2. The second-order valence-electron chi connectivity index (χ2n) is 6.27. The van der Waals surface area contributed by atoms with E-state index >= 15 is 0 Å². The number of fused-ring (bicyclic) bond motifs is 1. The third-order valence-corrected chi connectivity index (χ3v) is 4.58. The van der Waals surface area contributed by atoms with Crippen LogP contribution < -0.4 is 9.47 Å². The van der Waals surface area contributed by atoms with Crippen molar-refractivity contribution in [3.63, 3.8) is 0 Å². The highest BCUT2D eigenvalue weighted by atomic mass is 16.6. The second kappa shape index (κ2) is 5.91. The maximum absolute atomic E-state index is 5.68. The Labute approximate surface area is 146 Å². The Kier molecular flexibility index (Phi) is 3.71. The lowest BCUT2D eigenvalue weighted by molar-refractivity contribution is 0.171. The van der Waals surface area contributed by atoms with Crippen LogP contribution in [0.4, 0.5) is 0 Å². The summed E-state index contributed by atoms with van der Waals surface area (Å²) in [5.41, 5.74) is 4.30. The maximum Gasteiger partial charge on any atom is 0.163 e. The predicted molar refractivity (Wildman–Crippen MR) is 92.6 cm³/mol. The lowest BCUT2D eigenvalue weighted by Gasteiger charge is -2.19. The minimum atomic E-state index is 0.560. The number of benzene rings is 1. The number of hydrogen-bond donors (Lipinski definition) is 0. The molecule has 0 saturated heterocycles. The van der Waals surface area contributed by atoms with Crippen LogP contribution in [0.3, 0.4) is 0 Å². The van der Waals surface area contributed by atoms with Crippen LogP contribution in [0, 0.1) is 27.7 Å². The molecule has 0 saturated carbocycles. The molecule has 2 aromatic heterocycles. The van der Waals surface area contributed by atoms with E-state index in [1.54, 1.807) is 0 Å². The number of aryl methyl sites for hydroxylation is 2. The van der Waals surface area contributed by atoms with E-state index in [1.807, 2.05) is 41.4 Å². The van der Waals surface area contributed by atoms with Gasteiger partial charge in [-0.05, 0) is 45.4 Å². The maximum atomic E-state index is 5.68. The van der Waals surface area contributed by atoms with Crippen LogP contribution in [-0.4, -0.2) is 37.8 Å². The molecule has 1 aromatic carbocycles. The van der Waals surface area contributed by atoms with E-state index in [1.165, 1.54) is 5.56 Å². The zero-order valence-corrected chi connectivity index (χ0v) is 14.9. The first-order valence-corrected chi connectivity index (χ1v) is 8.36. The molecule has 3 aromatic rings. The van der Waals surface area contributed by atoms with Gasteiger partial charge in [0.2, 0.25) is 0 Å². The Morgan fingerprint density at radius 1 is 1.00 bits per heavy atom. The average molecular weight is 339 g/mol. The van der Waals surface area contributed by atoms with Crippen molar-refractivity contribution in [3.05, 3.63) is 46.8 Å². The molecule has 0 N–H and O–H groups in total. The molecule has 1 aliphatic heterocycles. The van der Waals surface area contributed by atoms with Gasteiger partial charge in [0.05, 0.1) is 11.4 Å². The number of aromatic nitrogens is 5. The van der Waals surface area contributed by atoms with Gasteiger partial charge in [-0.1, -0.05) is 0 Å². The van der Waals surface area contributed by atoms with E-state index in [2.05, 4.69) is 29.0 Å². The number of hydrogen-bond acceptors (Lipinski definition) is 5. The third kappa shape index (κ3) is 2.75. The van der Waals surface area contributed by atoms with Crippen LogP contribution in [0.2, 0.25) is 0 Å². The zero-order valence-electron chi connectivity index (χ0n) is 14.9. The third-order valence-electron chi connectivity index (χ3n) is 4.58. The number of nitrogens with zero attached hydrogens (tertiary/aromatic N) is 5. The highest BCUT2D eigenvalue weighted by Crippen LogP contribution is 2.32. The van der Waals surface area contributed by atoms with E-state index in [9.17, 15) is 0 Å². The molecular weight excluding hydrogens is 318 g/mol. The molecule has 0 fully saturated rings. The van der Waals surface area contributed by atoms with Crippen molar-refractivity contribution in [1.82, 2.24) is 24.5 Å². The minimum Gasteiger partial charge on any atom is -0.486 e. The fourth-order valence-corrected chi connectivity index (χ4v) is 3.01. The summed E-state index contributed by atoms with van der Waals surface area (Å²) < 4.78 is 15.1. The summed E-state index contributed by atoms with van der Waals surface area (Å²) in [6.07, 6.45) is 0. The largest absolute Gasteiger partial charge is 0.486 e. The number of rotatable bonds is 3. The van der Waals surface area contributed by atoms with Crippen LogP contribution in [0.25, 0.3) is 5.69 Å². The van der Waals surface area contributed by atoms with Crippen molar-refractivity contribution in [3.8, 4) is 17.2 Å². The van der Waals surface area contributed by atoms with Crippen LogP contribution in [-0.2, 0) is 6.54 Å². The summed E-state index contributed by atoms with van der Waals surface area (Å²) >= 11 is 0. The van der Waals surface area contributed by atoms with Gasteiger partial charge in [0, 0.05) is 11.8 Å². The molecular formula is C18H21N5O2. The quantitative estimate of drug-likeness (QED) is 0.733. The second-order valence-corrected chi connectivity index (χ2v) is 6.27. The fourth-order valence-electron chi connectivity index (χ4n) is 3.01. The molecule has 7 heteroatoms. The Hall–Kier alpha value is -2.83.